The number of carboxylic acids is 1. The van der Waals surface area contributed by atoms with Gasteiger partial charge in [0.2, 0.25) is 0 Å². The van der Waals surface area contributed by atoms with Gasteiger partial charge in [-0.1, -0.05) is 13.8 Å². The topological polar surface area (TPSA) is 99.5 Å². The minimum Gasteiger partial charge on any atom is -0.505 e. The third kappa shape index (κ3) is 4.57. The molecule has 0 spiro atoms. The molecule has 1 aromatic heterocycles. The number of hydrogen-bond acceptors (Lipinski definition) is 4. The molecule has 6 nitrogen and oxygen atoms in total. The van der Waals surface area contributed by atoms with Crippen LogP contribution in [0.5, 0.6) is 5.75 Å². The summed E-state index contributed by atoms with van der Waals surface area (Å²) in [6.07, 6.45) is 3.03. The van der Waals surface area contributed by atoms with Crippen LogP contribution in [0.3, 0.4) is 0 Å². The fourth-order valence-corrected chi connectivity index (χ4v) is 1.73. The number of aromatic nitrogens is 1. The van der Waals surface area contributed by atoms with Gasteiger partial charge in [0, 0.05) is 12.7 Å². The smallest absolute Gasteiger partial charge is 0.308 e. The molecule has 0 radical (unpaired) electrons. The number of pyridine rings is 1. The average molecular weight is 266 g/mol. The van der Waals surface area contributed by atoms with Gasteiger partial charge in [0.1, 0.15) is 5.75 Å². The molecule has 1 atom stereocenters. The lowest BCUT2D eigenvalue weighted by Gasteiger charge is -2.15. The summed E-state index contributed by atoms with van der Waals surface area (Å²) in [6, 6.07) is 1.38. The first-order valence-electron chi connectivity index (χ1n) is 6.05. The van der Waals surface area contributed by atoms with Crippen LogP contribution in [0.1, 0.15) is 30.6 Å². The molecule has 0 aliphatic rings. The van der Waals surface area contributed by atoms with Gasteiger partial charge in [-0.25, -0.2) is 0 Å². The van der Waals surface area contributed by atoms with Crippen molar-refractivity contribution < 1.29 is 19.8 Å². The van der Waals surface area contributed by atoms with E-state index in [9.17, 15) is 14.7 Å². The minimum atomic E-state index is -0.937. The normalized spacial score (nSPS) is 12.2. The zero-order valence-electron chi connectivity index (χ0n) is 11.0. The predicted octanol–water partition coefficient (Wildman–Crippen LogP) is 1.26. The van der Waals surface area contributed by atoms with Gasteiger partial charge >= 0.3 is 5.97 Å². The van der Waals surface area contributed by atoms with E-state index in [1.807, 2.05) is 13.8 Å². The maximum absolute atomic E-state index is 11.8. The van der Waals surface area contributed by atoms with Crippen LogP contribution in [0.4, 0.5) is 0 Å². The summed E-state index contributed by atoms with van der Waals surface area (Å²) in [5.74, 6) is -2.07. The first kappa shape index (κ1) is 14.9. The van der Waals surface area contributed by atoms with Crippen molar-refractivity contribution in [3.05, 3.63) is 24.0 Å². The first-order valence-corrected chi connectivity index (χ1v) is 6.05. The zero-order chi connectivity index (χ0) is 14.4. The van der Waals surface area contributed by atoms with Gasteiger partial charge < -0.3 is 15.5 Å². The summed E-state index contributed by atoms with van der Waals surface area (Å²) in [4.78, 5) is 26.5. The molecular formula is C13H18N2O4. The maximum Gasteiger partial charge on any atom is 0.308 e. The Hall–Kier alpha value is -2.11. The highest BCUT2D eigenvalue weighted by Crippen LogP contribution is 2.15. The summed E-state index contributed by atoms with van der Waals surface area (Å²) >= 11 is 0. The van der Waals surface area contributed by atoms with Gasteiger partial charge in [0.15, 0.2) is 0 Å². The van der Waals surface area contributed by atoms with E-state index < -0.39 is 17.8 Å². The molecule has 1 heterocycles. The molecule has 1 unspecified atom stereocenters. The van der Waals surface area contributed by atoms with Crippen LogP contribution >= 0.6 is 0 Å². The number of carbonyl (C=O) groups is 2. The van der Waals surface area contributed by atoms with E-state index in [4.69, 9.17) is 5.11 Å². The Balaban J connectivity index is 2.62. The maximum atomic E-state index is 11.8. The Morgan fingerprint density at radius 3 is 2.63 bits per heavy atom. The van der Waals surface area contributed by atoms with Crippen molar-refractivity contribution in [3.8, 4) is 5.75 Å². The van der Waals surface area contributed by atoms with E-state index in [1.165, 1.54) is 12.3 Å². The first-order chi connectivity index (χ1) is 8.91. The Kier molecular flexibility index (Phi) is 5.29. The van der Waals surface area contributed by atoms with Gasteiger partial charge in [0.25, 0.3) is 5.91 Å². The molecule has 19 heavy (non-hydrogen) atoms. The second-order valence-corrected chi connectivity index (χ2v) is 4.77. The molecule has 0 bridgehead atoms. The standard InChI is InChI=1S/C13H18N2O4/c1-8(2)5-9(13(18)19)6-15-12(17)10-3-4-14-7-11(10)16/h3-4,7-9,16H,5-6H2,1-2H3,(H,15,17)(H,18,19). The van der Waals surface area contributed by atoms with Crippen molar-refractivity contribution in [1.82, 2.24) is 10.3 Å². The van der Waals surface area contributed by atoms with E-state index in [0.29, 0.717) is 6.42 Å². The van der Waals surface area contributed by atoms with E-state index in [1.54, 1.807) is 0 Å². The fourth-order valence-electron chi connectivity index (χ4n) is 1.73. The molecule has 3 N–H and O–H groups in total. The summed E-state index contributed by atoms with van der Waals surface area (Å²) in [6.45, 7) is 3.88. The second kappa shape index (κ2) is 6.72. The number of rotatable bonds is 6. The second-order valence-electron chi connectivity index (χ2n) is 4.77. The van der Waals surface area contributed by atoms with Gasteiger partial charge in [-0.2, -0.15) is 0 Å². The van der Waals surface area contributed by atoms with Crippen LogP contribution in [-0.2, 0) is 4.79 Å². The fraction of sp³-hybridized carbons (Fsp3) is 0.462. The summed E-state index contributed by atoms with van der Waals surface area (Å²) in [5.41, 5.74) is 0.0867. The van der Waals surface area contributed by atoms with Crippen molar-refractivity contribution in [2.24, 2.45) is 11.8 Å². The Bertz CT molecular complexity index is 460. The van der Waals surface area contributed by atoms with Crippen LogP contribution in [0, 0.1) is 11.8 Å². The molecule has 0 aromatic carbocycles. The van der Waals surface area contributed by atoms with E-state index in [-0.39, 0.29) is 23.8 Å². The predicted molar refractivity (Wildman–Crippen MR) is 68.8 cm³/mol. The van der Waals surface area contributed by atoms with E-state index in [0.717, 1.165) is 6.20 Å². The van der Waals surface area contributed by atoms with Gasteiger partial charge in [0.05, 0.1) is 17.7 Å². The van der Waals surface area contributed by atoms with Crippen molar-refractivity contribution in [3.63, 3.8) is 0 Å². The van der Waals surface area contributed by atoms with Gasteiger partial charge in [-0.15, -0.1) is 0 Å². The molecule has 0 saturated carbocycles. The molecular weight excluding hydrogens is 248 g/mol. The summed E-state index contributed by atoms with van der Waals surface area (Å²) in [5, 5.41) is 21.0. The van der Waals surface area contributed by atoms with Crippen molar-refractivity contribution in [2.75, 3.05) is 6.54 Å². The summed E-state index contributed by atoms with van der Waals surface area (Å²) in [7, 11) is 0. The molecule has 0 fully saturated rings. The lowest BCUT2D eigenvalue weighted by atomic mass is 9.97. The average Bonchev–Trinajstić information content (AvgIpc) is 2.34. The highest BCUT2D eigenvalue weighted by Gasteiger charge is 2.20. The number of nitrogens with one attached hydrogen (secondary N) is 1. The lowest BCUT2D eigenvalue weighted by Crippen LogP contribution is -2.33. The highest BCUT2D eigenvalue weighted by molar-refractivity contribution is 5.96. The number of carbonyl (C=O) groups excluding carboxylic acids is 1. The molecule has 104 valence electrons. The molecule has 6 heteroatoms. The monoisotopic (exact) mass is 266 g/mol. The number of carboxylic acid groups (broad SMARTS) is 1. The molecule has 0 aliphatic heterocycles. The van der Waals surface area contributed by atoms with E-state index in [2.05, 4.69) is 10.3 Å². The molecule has 1 aromatic rings. The van der Waals surface area contributed by atoms with Gasteiger partial charge in [-0.05, 0) is 18.4 Å². The number of amides is 1. The largest absolute Gasteiger partial charge is 0.505 e. The summed E-state index contributed by atoms with van der Waals surface area (Å²) < 4.78 is 0. The zero-order valence-corrected chi connectivity index (χ0v) is 11.0. The van der Waals surface area contributed by atoms with Crippen LogP contribution in [0.25, 0.3) is 0 Å². The van der Waals surface area contributed by atoms with Crippen LogP contribution in [0.2, 0.25) is 0 Å². The molecule has 1 rings (SSSR count). The van der Waals surface area contributed by atoms with Crippen molar-refractivity contribution in [1.29, 1.82) is 0 Å². The minimum absolute atomic E-state index is 0.0358. The number of aromatic hydroxyl groups is 1. The number of hydrogen-bond donors (Lipinski definition) is 3. The third-order valence-corrected chi connectivity index (χ3v) is 2.66. The lowest BCUT2D eigenvalue weighted by molar-refractivity contribution is -0.142. The highest BCUT2D eigenvalue weighted by atomic mass is 16.4. The number of nitrogens with zero attached hydrogens (tertiary/aromatic N) is 1. The van der Waals surface area contributed by atoms with Crippen LogP contribution in [-0.4, -0.2) is 33.6 Å². The Labute approximate surface area is 111 Å². The quantitative estimate of drug-likeness (QED) is 0.720. The molecule has 0 aliphatic carbocycles. The number of aliphatic carboxylic acids is 1. The van der Waals surface area contributed by atoms with Gasteiger partial charge in [-0.3, -0.25) is 14.6 Å². The van der Waals surface area contributed by atoms with E-state index >= 15 is 0 Å². The van der Waals surface area contributed by atoms with Crippen molar-refractivity contribution in [2.45, 2.75) is 20.3 Å². The Morgan fingerprint density at radius 1 is 1.42 bits per heavy atom. The Morgan fingerprint density at radius 2 is 2.11 bits per heavy atom. The molecule has 1 amide bonds. The van der Waals surface area contributed by atoms with Crippen LogP contribution in [0.15, 0.2) is 18.5 Å². The third-order valence-electron chi connectivity index (χ3n) is 2.66. The molecule has 0 saturated heterocycles. The van der Waals surface area contributed by atoms with Crippen LogP contribution < -0.4 is 5.32 Å². The van der Waals surface area contributed by atoms with Crippen molar-refractivity contribution >= 4 is 11.9 Å². The SMILES string of the molecule is CC(C)CC(CNC(=O)c1ccncc1O)C(=O)O.